The molecule has 1 amide bonds. The summed E-state index contributed by atoms with van der Waals surface area (Å²) in [5.74, 6) is -0.215. The van der Waals surface area contributed by atoms with Crippen LogP contribution >= 0.6 is 0 Å². The van der Waals surface area contributed by atoms with Gasteiger partial charge in [0.05, 0.1) is 4.90 Å². The summed E-state index contributed by atoms with van der Waals surface area (Å²) >= 11 is 0. The molecule has 0 unspecified atom stereocenters. The number of hydrogen-bond acceptors (Lipinski definition) is 4. The first-order valence-corrected chi connectivity index (χ1v) is 10.8. The van der Waals surface area contributed by atoms with Gasteiger partial charge >= 0.3 is 0 Å². The summed E-state index contributed by atoms with van der Waals surface area (Å²) in [6, 6.07) is 14.2. The van der Waals surface area contributed by atoms with E-state index in [9.17, 15) is 13.2 Å². The summed E-state index contributed by atoms with van der Waals surface area (Å²) in [7, 11) is 2.07. The molecular formula is C21H29N3O3S. The molecule has 28 heavy (non-hydrogen) atoms. The van der Waals surface area contributed by atoms with E-state index in [2.05, 4.69) is 0 Å². The Morgan fingerprint density at radius 3 is 2.07 bits per heavy atom. The van der Waals surface area contributed by atoms with Crippen LogP contribution in [0.25, 0.3) is 0 Å². The van der Waals surface area contributed by atoms with Crippen LogP contribution in [0.1, 0.15) is 29.8 Å². The van der Waals surface area contributed by atoms with Crippen molar-refractivity contribution in [2.45, 2.75) is 25.3 Å². The second kappa shape index (κ2) is 9.21. The number of sulfonamides is 1. The zero-order chi connectivity index (χ0) is 20.9. The van der Waals surface area contributed by atoms with Crippen LogP contribution in [0.4, 0.5) is 5.69 Å². The van der Waals surface area contributed by atoms with E-state index in [4.69, 9.17) is 0 Å². The summed E-state index contributed by atoms with van der Waals surface area (Å²) in [5, 5.41) is 0. The Hall–Kier alpha value is -2.38. The van der Waals surface area contributed by atoms with Gasteiger partial charge in [0, 0.05) is 52.0 Å². The van der Waals surface area contributed by atoms with E-state index in [1.54, 1.807) is 37.9 Å². The largest absolute Gasteiger partial charge is 0.378 e. The van der Waals surface area contributed by atoms with Crippen LogP contribution in [0.2, 0.25) is 0 Å². The number of amides is 1. The maximum atomic E-state index is 12.8. The molecule has 0 saturated heterocycles. The second-order valence-corrected chi connectivity index (χ2v) is 8.78. The molecule has 0 spiro atoms. The fourth-order valence-electron chi connectivity index (χ4n) is 2.97. The minimum Gasteiger partial charge on any atom is -0.378 e. The normalized spacial score (nSPS) is 11.5. The molecule has 2 rings (SSSR count). The van der Waals surface area contributed by atoms with E-state index < -0.39 is 10.0 Å². The Labute approximate surface area is 168 Å². The van der Waals surface area contributed by atoms with Crippen molar-refractivity contribution < 1.29 is 13.2 Å². The van der Waals surface area contributed by atoms with Crippen LogP contribution in [0, 0.1) is 0 Å². The SMILES string of the molecule is CCN(CC)S(=O)(=O)c1cccc(C(=O)N(C)Cc2ccc(N(C)C)cc2)c1. The van der Waals surface area contributed by atoms with Crippen molar-refractivity contribution in [2.75, 3.05) is 39.1 Å². The third-order valence-corrected chi connectivity index (χ3v) is 6.69. The highest BCUT2D eigenvalue weighted by Crippen LogP contribution is 2.19. The third-order valence-electron chi connectivity index (χ3n) is 4.64. The van der Waals surface area contributed by atoms with Gasteiger partial charge in [-0.1, -0.05) is 32.0 Å². The lowest BCUT2D eigenvalue weighted by molar-refractivity contribution is 0.0785. The lowest BCUT2D eigenvalue weighted by atomic mass is 10.1. The molecule has 0 saturated carbocycles. The molecule has 6 nitrogen and oxygen atoms in total. The summed E-state index contributed by atoms with van der Waals surface area (Å²) in [5.41, 5.74) is 2.46. The van der Waals surface area contributed by atoms with Crippen molar-refractivity contribution in [3.05, 3.63) is 59.7 Å². The van der Waals surface area contributed by atoms with Gasteiger partial charge in [0.15, 0.2) is 0 Å². The monoisotopic (exact) mass is 403 g/mol. The molecule has 7 heteroatoms. The van der Waals surface area contributed by atoms with Gasteiger partial charge in [-0.15, -0.1) is 0 Å². The first-order valence-electron chi connectivity index (χ1n) is 9.32. The minimum absolute atomic E-state index is 0.144. The Balaban J connectivity index is 2.19. The standard InChI is InChI=1S/C21H29N3O3S/c1-6-24(7-2)28(26,27)20-10-8-9-18(15-20)21(25)23(5)16-17-11-13-19(14-12-17)22(3)4/h8-15H,6-7,16H2,1-5H3. The highest BCUT2D eigenvalue weighted by molar-refractivity contribution is 7.89. The Bertz CT molecular complexity index is 905. The molecule has 0 atom stereocenters. The van der Waals surface area contributed by atoms with Gasteiger partial charge in [0.1, 0.15) is 0 Å². The highest BCUT2D eigenvalue weighted by Gasteiger charge is 2.23. The van der Waals surface area contributed by atoms with Crippen LogP contribution in [-0.4, -0.2) is 57.8 Å². The predicted molar refractivity (Wildman–Crippen MR) is 113 cm³/mol. The number of hydrogen-bond donors (Lipinski definition) is 0. The molecule has 152 valence electrons. The molecule has 2 aromatic carbocycles. The number of nitrogens with zero attached hydrogens (tertiary/aromatic N) is 3. The Morgan fingerprint density at radius 2 is 1.54 bits per heavy atom. The van der Waals surface area contributed by atoms with Crippen molar-refractivity contribution in [1.29, 1.82) is 0 Å². The highest BCUT2D eigenvalue weighted by atomic mass is 32.2. The van der Waals surface area contributed by atoms with E-state index in [-0.39, 0.29) is 10.8 Å². The molecule has 0 bridgehead atoms. The minimum atomic E-state index is -3.60. The molecule has 0 N–H and O–H groups in total. The van der Waals surface area contributed by atoms with Gasteiger partial charge in [-0.2, -0.15) is 4.31 Å². The van der Waals surface area contributed by atoms with Crippen molar-refractivity contribution in [3.63, 3.8) is 0 Å². The first-order chi connectivity index (χ1) is 13.2. The van der Waals surface area contributed by atoms with Gasteiger partial charge in [0.2, 0.25) is 10.0 Å². The van der Waals surface area contributed by atoms with Crippen LogP contribution in [-0.2, 0) is 16.6 Å². The van der Waals surface area contributed by atoms with Gasteiger partial charge in [-0.05, 0) is 35.9 Å². The summed E-state index contributed by atoms with van der Waals surface area (Å²) in [6.07, 6.45) is 0. The summed E-state index contributed by atoms with van der Waals surface area (Å²) in [6.45, 7) is 4.82. The smallest absolute Gasteiger partial charge is 0.253 e. The lowest BCUT2D eigenvalue weighted by Gasteiger charge is -2.20. The molecule has 0 radical (unpaired) electrons. The summed E-state index contributed by atoms with van der Waals surface area (Å²) in [4.78, 5) is 16.6. The molecule has 2 aromatic rings. The molecule has 0 aromatic heterocycles. The second-order valence-electron chi connectivity index (χ2n) is 6.84. The van der Waals surface area contributed by atoms with Crippen molar-refractivity contribution >= 4 is 21.6 Å². The van der Waals surface area contributed by atoms with E-state index >= 15 is 0 Å². The van der Waals surface area contributed by atoms with Gasteiger partial charge in [0.25, 0.3) is 5.91 Å². The molecule has 0 aliphatic rings. The van der Waals surface area contributed by atoms with Crippen LogP contribution in [0.3, 0.4) is 0 Å². The van der Waals surface area contributed by atoms with E-state index in [1.165, 1.54) is 16.4 Å². The number of carbonyl (C=O) groups excluding carboxylic acids is 1. The zero-order valence-corrected chi connectivity index (χ0v) is 18.0. The first kappa shape index (κ1) is 21.9. The Kier molecular flexibility index (Phi) is 7.21. The van der Waals surface area contributed by atoms with E-state index in [0.29, 0.717) is 25.2 Å². The summed E-state index contributed by atoms with van der Waals surface area (Å²) < 4.78 is 26.8. The molecule has 0 heterocycles. The molecule has 0 fully saturated rings. The number of anilines is 1. The van der Waals surface area contributed by atoms with Gasteiger partial charge in [-0.3, -0.25) is 4.79 Å². The molecular weight excluding hydrogens is 374 g/mol. The van der Waals surface area contributed by atoms with E-state index in [0.717, 1.165) is 11.3 Å². The third kappa shape index (κ3) is 4.91. The topological polar surface area (TPSA) is 60.9 Å². The number of rotatable bonds is 8. The maximum absolute atomic E-state index is 12.8. The van der Waals surface area contributed by atoms with Crippen molar-refractivity contribution in [3.8, 4) is 0 Å². The molecule has 0 aliphatic carbocycles. The van der Waals surface area contributed by atoms with Crippen LogP contribution in [0.15, 0.2) is 53.4 Å². The zero-order valence-electron chi connectivity index (χ0n) is 17.2. The average Bonchev–Trinajstić information content (AvgIpc) is 2.68. The number of benzene rings is 2. The lowest BCUT2D eigenvalue weighted by Crippen LogP contribution is -2.31. The molecule has 0 aliphatic heterocycles. The predicted octanol–water partition coefficient (Wildman–Crippen LogP) is 3.06. The quantitative estimate of drug-likeness (QED) is 0.680. The van der Waals surface area contributed by atoms with Gasteiger partial charge in [-0.25, -0.2) is 8.42 Å². The van der Waals surface area contributed by atoms with Gasteiger partial charge < -0.3 is 9.80 Å². The van der Waals surface area contributed by atoms with E-state index in [1.807, 2.05) is 43.3 Å². The Morgan fingerprint density at radius 1 is 0.929 bits per heavy atom. The van der Waals surface area contributed by atoms with Crippen LogP contribution < -0.4 is 4.90 Å². The van der Waals surface area contributed by atoms with Crippen LogP contribution in [0.5, 0.6) is 0 Å². The van der Waals surface area contributed by atoms with Crippen molar-refractivity contribution in [1.82, 2.24) is 9.21 Å². The maximum Gasteiger partial charge on any atom is 0.253 e. The fraction of sp³-hybridized carbons (Fsp3) is 0.381. The van der Waals surface area contributed by atoms with Crippen molar-refractivity contribution in [2.24, 2.45) is 0 Å². The fourth-order valence-corrected chi connectivity index (χ4v) is 4.47. The number of carbonyl (C=O) groups is 1. The average molecular weight is 404 g/mol.